The summed E-state index contributed by atoms with van der Waals surface area (Å²) in [6.45, 7) is 4.06. The smallest absolute Gasteiger partial charge is 0.258 e. The van der Waals surface area contributed by atoms with E-state index in [0.29, 0.717) is 18.0 Å². The zero-order valence-corrected chi connectivity index (χ0v) is 17.3. The molecule has 8 heteroatoms. The fourth-order valence-corrected chi connectivity index (χ4v) is 2.81. The van der Waals surface area contributed by atoms with Crippen LogP contribution < -0.4 is 19.1 Å². The Morgan fingerprint density at radius 3 is 2.14 bits per heavy atom. The van der Waals surface area contributed by atoms with E-state index in [4.69, 9.17) is 9.47 Å². The van der Waals surface area contributed by atoms with Crippen molar-refractivity contribution in [3.05, 3.63) is 54.1 Å². The van der Waals surface area contributed by atoms with Crippen LogP contribution in [0.15, 0.2) is 48.5 Å². The van der Waals surface area contributed by atoms with Gasteiger partial charge in [-0.25, -0.2) is 8.42 Å². The van der Waals surface area contributed by atoms with E-state index >= 15 is 0 Å². The van der Waals surface area contributed by atoms with Gasteiger partial charge in [0.2, 0.25) is 10.0 Å². The van der Waals surface area contributed by atoms with Crippen molar-refractivity contribution in [2.75, 3.05) is 30.8 Å². The standard InChI is InChI=1S/C20H26N2O5S/c1-15-5-9-18(10-6-15)26-13-16(2)21-20(23)14-27-19-11-7-17(8-12-19)22(3)28(4,24)25/h5-12,16H,13-14H2,1-4H3,(H,21,23). The molecule has 0 heterocycles. The highest BCUT2D eigenvalue weighted by Gasteiger charge is 2.12. The van der Waals surface area contributed by atoms with Gasteiger partial charge in [0.15, 0.2) is 6.61 Å². The van der Waals surface area contributed by atoms with Gasteiger partial charge in [-0.15, -0.1) is 0 Å². The van der Waals surface area contributed by atoms with Gasteiger partial charge in [0.05, 0.1) is 18.0 Å². The third-order valence-electron chi connectivity index (χ3n) is 4.00. The molecule has 28 heavy (non-hydrogen) atoms. The number of amides is 1. The van der Waals surface area contributed by atoms with Crippen molar-refractivity contribution in [1.29, 1.82) is 0 Å². The Hall–Kier alpha value is -2.74. The molecule has 2 aromatic rings. The maximum atomic E-state index is 12.0. The van der Waals surface area contributed by atoms with Gasteiger partial charge in [-0.1, -0.05) is 17.7 Å². The molecule has 0 saturated carbocycles. The molecule has 2 aromatic carbocycles. The highest BCUT2D eigenvalue weighted by atomic mass is 32.2. The van der Waals surface area contributed by atoms with Crippen molar-refractivity contribution in [3.8, 4) is 11.5 Å². The van der Waals surface area contributed by atoms with Crippen LogP contribution in [0.25, 0.3) is 0 Å². The first kappa shape index (κ1) is 21.6. The number of ether oxygens (including phenoxy) is 2. The lowest BCUT2D eigenvalue weighted by Crippen LogP contribution is -2.39. The molecule has 0 aliphatic rings. The molecule has 0 aliphatic heterocycles. The largest absolute Gasteiger partial charge is 0.491 e. The minimum Gasteiger partial charge on any atom is -0.491 e. The third kappa shape index (κ3) is 6.77. The van der Waals surface area contributed by atoms with Crippen LogP contribution in [0.5, 0.6) is 11.5 Å². The molecule has 1 unspecified atom stereocenters. The minimum absolute atomic E-state index is 0.143. The van der Waals surface area contributed by atoms with Crippen LogP contribution in [0.1, 0.15) is 12.5 Å². The number of hydrogen-bond acceptors (Lipinski definition) is 5. The summed E-state index contributed by atoms with van der Waals surface area (Å²) in [6, 6.07) is 14.0. The molecule has 0 fully saturated rings. The second kappa shape index (κ2) is 9.45. The second-order valence-electron chi connectivity index (χ2n) is 6.61. The lowest BCUT2D eigenvalue weighted by Gasteiger charge is -2.17. The Balaban J connectivity index is 1.76. The topological polar surface area (TPSA) is 84.9 Å². The van der Waals surface area contributed by atoms with Gasteiger partial charge in [0.1, 0.15) is 18.1 Å². The van der Waals surface area contributed by atoms with Crippen LogP contribution in [0.3, 0.4) is 0 Å². The van der Waals surface area contributed by atoms with E-state index in [9.17, 15) is 13.2 Å². The van der Waals surface area contributed by atoms with Gasteiger partial charge in [-0.2, -0.15) is 0 Å². The quantitative estimate of drug-likeness (QED) is 0.691. The van der Waals surface area contributed by atoms with Crippen molar-refractivity contribution < 1.29 is 22.7 Å². The Bertz CT molecular complexity index is 880. The van der Waals surface area contributed by atoms with Crippen molar-refractivity contribution in [3.63, 3.8) is 0 Å². The number of sulfonamides is 1. The van der Waals surface area contributed by atoms with Crippen LogP contribution in [0, 0.1) is 6.92 Å². The van der Waals surface area contributed by atoms with Crippen molar-refractivity contribution in [2.24, 2.45) is 0 Å². The number of rotatable bonds is 9. The first-order valence-electron chi connectivity index (χ1n) is 8.81. The molecule has 0 aliphatic carbocycles. The average molecular weight is 407 g/mol. The van der Waals surface area contributed by atoms with E-state index in [2.05, 4.69) is 5.32 Å². The lowest BCUT2D eigenvalue weighted by molar-refractivity contribution is -0.123. The summed E-state index contributed by atoms with van der Waals surface area (Å²) in [5.41, 5.74) is 1.67. The zero-order chi connectivity index (χ0) is 20.7. The lowest BCUT2D eigenvalue weighted by atomic mass is 10.2. The van der Waals surface area contributed by atoms with Gasteiger partial charge in [0, 0.05) is 7.05 Å². The van der Waals surface area contributed by atoms with Gasteiger partial charge < -0.3 is 14.8 Å². The molecule has 1 amide bonds. The zero-order valence-electron chi connectivity index (χ0n) is 16.5. The number of aryl methyl sites for hydroxylation is 1. The number of anilines is 1. The normalized spacial score (nSPS) is 12.1. The number of hydrogen-bond donors (Lipinski definition) is 1. The van der Waals surface area contributed by atoms with Crippen molar-refractivity contribution >= 4 is 21.6 Å². The summed E-state index contributed by atoms with van der Waals surface area (Å²) in [4.78, 5) is 12.0. The molecular weight excluding hydrogens is 380 g/mol. The van der Waals surface area contributed by atoms with E-state index in [1.165, 1.54) is 11.4 Å². The van der Waals surface area contributed by atoms with Gasteiger partial charge in [-0.3, -0.25) is 9.10 Å². The Labute approximate surface area is 166 Å². The molecule has 2 rings (SSSR count). The first-order chi connectivity index (χ1) is 13.1. The number of benzene rings is 2. The summed E-state index contributed by atoms with van der Waals surface area (Å²) < 4.78 is 35.3. The molecule has 0 radical (unpaired) electrons. The van der Waals surface area contributed by atoms with Gasteiger partial charge >= 0.3 is 0 Å². The second-order valence-corrected chi connectivity index (χ2v) is 8.62. The van der Waals surface area contributed by atoms with Gasteiger partial charge in [-0.05, 0) is 50.2 Å². The first-order valence-corrected chi connectivity index (χ1v) is 10.7. The number of carbonyl (C=O) groups is 1. The predicted molar refractivity (Wildman–Crippen MR) is 109 cm³/mol. The summed E-state index contributed by atoms with van der Waals surface area (Å²) in [5.74, 6) is 0.962. The monoisotopic (exact) mass is 406 g/mol. The molecule has 1 atom stereocenters. The summed E-state index contributed by atoms with van der Waals surface area (Å²) in [5, 5.41) is 2.80. The van der Waals surface area contributed by atoms with E-state index in [-0.39, 0.29) is 18.6 Å². The molecule has 152 valence electrons. The number of nitrogens with one attached hydrogen (secondary N) is 1. The molecule has 0 saturated heterocycles. The minimum atomic E-state index is -3.32. The van der Waals surface area contributed by atoms with Crippen LogP contribution in [-0.4, -0.2) is 46.9 Å². The number of nitrogens with zero attached hydrogens (tertiary/aromatic N) is 1. The fourth-order valence-electron chi connectivity index (χ4n) is 2.31. The van der Waals surface area contributed by atoms with Crippen molar-refractivity contribution in [1.82, 2.24) is 5.32 Å². The predicted octanol–water partition coefficient (Wildman–Crippen LogP) is 2.35. The Morgan fingerprint density at radius 1 is 1.04 bits per heavy atom. The third-order valence-corrected chi connectivity index (χ3v) is 5.20. The van der Waals surface area contributed by atoms with Crippen LogP contribution in [-0.2, 0) is 14.8 Å². The number of carbonyl (C=O) groups excluding carboxylic acids is 1. The Kier molecular flexibility index (Phi) is 7.28. The van der Waals surface area contributed by atoms with Crippen molar-refractivity contribution in [2.45, 2.75) is 19.9 Å². The molecule has 0 bridgehead atoms. The van der Waals surface area contributed by atoms with Gasteiger partial charge in [0.25, 0.3) is 5.91 Å². The molecule has 7 nitrogen and oxygen atoms in total. The summed E-state index contributed by atoms with van der Waals surface area (Å²) >= 11 is 0. The highest BCUT2D eigenvalue weighted by Crippen LogP contribution is 2.20. The van der Waals surface area contributed by atoms with Crippen LogP contribution in [0.4, 0.5) is 5.69 Å². The van der Waals surface area contributed by atoms with E-state index in [1.807, 2.05) is 38.1 Å². The Morgan fingerprint density at radius 2 is 1.57 bits per heavy atom. The average Bonchev–Trinajstić information content (AvgIpc) is 2.65. The molecule has 0 spiro atoms. The van der Waals surface area contributed by atoms with E-state index < -0.39 is 10.0 Å². The molecule has 0 aromatic heterocycles. The van der Waals surface area contributed by atoms with Crippen LogP contribution >= 0.6 is 0 Å². The summed E-state index contributed by atoms with van der Waals surface area (Å²) in [6.07, 6.45) is 1.13. The highest BCUT2D eigenvalue weighted by molar-refractivity contribution is 7.92. The summed E-state index contributed by atoms with van der Waals surface area (Å²) in [7, 11) is -1.85. The maximum absolute atomic E-state index is 12.0. The maximum Gasteiger partial charge on any atom is 0.258 e. The molecule has 1 N–H and O–H groups in total. The van der Waals surface area contributed by atoms with E-state index in [1.54, 1.807) is 24.3 Å². The van der Waals surface area contributed by atoms with E-state index in [0.717, 1.165) is 17.6 Å². The molecular formula is C20H26N2O5S. The SMILES string of the molecule is Cc1ccc(OCC(C)NC(=O)COc2ccc(N(C)S(C)(=O)=O)cc2)cc1. The van der Waals surface area contributed by atoms with Crippen LogP contribution in [0.2, 0.25) is 0 Å². The fraction of sp³-hybridized carbons (Fsp3) is 0.350.